The van der Waals surface area contributed by atoms with Gasteiger partial charge in [-0.3, -0.25) is 14.5 Å². The van der Waals surface area contributed by atoms with E-state index in [1.165, 1.54) is 11.3 Å². The standard InChI is InChI=1S/C21H20N4O3S2/c22-19(26)13-3-6-16(14-2-1-9-23-11-14)17(10-13)21(7-8-21)18-12-29-20(24-18)25-30(27,28)15-4-5-15/h1-3,6,9-12,15H,4-5,7-8H2,(H2,22,26)(H,24,25). The second kappa shape index (κ2) is 6.88. The molecule has 5 rings (SSSR count). The van der Waals surface area contributed by atoms with Crippen LogP contribution in [0, 0.1) is 0 Å². The minimum absolute atomic E-state index is 0.302. The number of hydrogen-bond donors (Lipinski definition) is 2. The third-order valence-electron chi connectivity index (χ3n) is 5.73. The number of hydrogen-bond acceptors (Lipinski definition) is 6. The summed E-state index contributed by atoms with van der Waals surface area (Å²) in [6.07, 6.45) is 6.63. The first-order valence-electron chi connectivity index (χ1n) is 9.71. The monoisotopic (exact) mass is 440 g/mol. The van der Waals surface area contributed by atoms with Gasteiger partial charge in [0.25, 0.3) is 0 Å². The average molecular weight is 441 g/mol. The zero-order valence-corrected chi connectivity index (χ0v) is 17.7. The highest BCUT2D eigenvalue weighted by atomic mass is 32.2. The van der Waals surface area contributed by atoms with E-state index in [1.807, 2.05) is 29.6 Å². The Morgan fingerprint density at radius 3 is 2.67 bits per heavy atom. The van der Waals surface area contributed by atoms with Crippen LogP contribution in [0.4, 0.5) is 5.13 Å². The second-order valence-electron chi connectivity index (χ2n) is 7.83. The quantitative estimate of drug-likeness (QED) is 0.585. The summed E-state index contributed by atoms with van der Waals surface area (Å²) in [7, 11) is -3.36. The molecule has 0 unspecified atom stereocenters. The fourth-order valence-corrected chi connectivity index (χ4v) is 6.19. The summed E-state index contributed by atoms with van der Waals surface area (Å²) in [5, 5.41) is 1.99. The van der Waals surface area contributed by atoms with Crippen LogP contribution in [0.1, 0.15) is 47.3 Å². The van der Waals surface area contributed by atoms with Gasteiger partial charge in [-0.1, -0.05) is 12.1 Å². The number of pyridine rings is 1. The molecule has 3 N–H and O–H groups in total. The molecule has 0 bridgehead atoms. The first-order valence-corrected chi connectivity index (χ1v) is 12.1. The molecule has 1 amide bonds. The van der Waals surface area contributed by atoms with Crippen LogP contribution in [0.2, 0.25) is 0 Å². The third kappa shape index (κ3) is 3.37. The molecule has 0 aliphatic heterocycles. The van der Waals surface area contributed by atoms with E-state index < -0.39 is 15.9 Å². The number of thiazole rings is 1. The summed E-state index contributed by atoms with van der Waals surface area (Å²) in [6, 6.07) is 9.30. The molecular weight excluding hydrogens is 420 g/mol. The van der Waals surface area contributed by atoms with Gasteiger partial charge in [-0.15, -0.1) is 11.3 Å². The molecular formula is C21H20N4O3S2. The Kier molecular flexibility index (Phi) is 4.41. The molecule has 2 heterocycles. The minimum Gasteiger partial charge on any atom is -0.366 e. The van der Waals surface area contributed by atoms with Crippen LogP contribution < -0.4 is 10.5 Å². The van der Waals surface area contributed by atoms with Gasteiger partial charge in [0.15, 0.2) is 5.13 Å². The average Bonchev–Trinajstić information content (AvgIpc) is 3.66. The van der Waals surface area contributed by atoms with Gasteiger partial charge in [0.2, 0.25) is 15.9 Å². The van der Waals surface area contributed by atoms with Crippen molar-refractivity contribution < 1.29 is 13.2 Å². The molecule has 2 fully saturated rings. The van der Waals surface area contributed by atoms with E-state index in [0.717, 1.165) is 35.2 Å². The van der Waals surface area contributed by atoms with Crippen molar-refractivity contribution in [2.75, 3.05) is 4.72 Å². The number of carbonyl (C=O) groups is 1. The number of carbonyl (C=O) groups excluding carboxylic acids is 1. The largest absolute Gasteiger partial charge is 0.366 e. The van der Waals surface area contributed by atoms with Crippen LogP contribution in [-0.4, -0.2) is 29.5 Å². The van der Waals surface area contributed by atoms with Crippen LogP contribution in [0.3, 0.4) is 0 Å². The van der Waals surface area contributed by atoms with Crippen LogP contribution >= 0.6 is 11.3 Å². The summed E-state index contributed by atoms with van der Waals surface area (Å²) in [6.45, 7) is 0. The lowest BCUT2D eigenvalue weighted by atomic mass is 9.85. The molecule has 0 atom stereocenters. The zero-order valence-electron chi connectivity index (χ0n) is 16.0. The number of amides is 1. The molecule has 0 spiro atoms. The number of sulfonamides is 1. The van der Waals surface area contributed by atoms with Crippen molar-refractivity contribution in [3.05, 3.63) is 64.9 Å². The van der Waals surface area contributed by atoms with Gasteiger partial charge in [-0.25, -0.2) is 13.4 Å². The molecule has 2 aliphatic carbocycles. The predicted octanol–water partition coefficient (Wildman–Crippen LogP) is 3.29. The lowest BCUT2D eigenvalue weighted by Crippen LogP contribution is -2.18. The lowest BCUT2D eigenvalue weighted by molar-refractivity contribution is 0.1000. The summed E-state index contributed by atoms with van der Waals surface area (Å²) in [5.74, 6) is -0.485. The van der Waals surface area contributed by atoms with Gasteiger partial charge in [0.05, 0.1) is 10.9 Å². The molecule has 2 saturated carbocycles. The van der Waals surface area contributed by atoms with Crippen molar-refractivity contribution in [2.24, 2.45) is 5.73 Å². The fraction of sp³-hybridized carbons (Fsp3) is 0.286. The molecule has 154 valence electrons. The zero-order chi connectivity index (χ0) is 20.9. The van der Waals surface area contributed by atoms with Crippen molar-refractivity contribution in [3.63, 3.8) is 0 Å². The van der Waals surface area contributed by atoms with Gasteiger partial charge in [0.1, 0.15) is 0 Å². The van der Waals surface area contributed by atoms with Crippen molar-refractivity contribution >= 4 is 32.4 Å². The molecule has 2 aliphatic rings. The molecule has 0 radical (unpaired) electrons. The Labute approximate surface area is 178 Å². The highest BCUT2D eigenvalue weighted by molar-refractivity contribution is 7.93. The van der Waals surface area contributed by atoms with Crippen molar-refractivity contribution in [1.82, 2.24) is 9.97 Å². The third-order valence-corrected chi connectivity index (χ3v) is 8.44. The number of nitrogens with two attached hydrogens (primary N) is 1. The molecule has 1 aromatic carbocycles. The van der Waals surface area contributed by atoms with E-state index in [0.29, 0.717) is 23.5 Å². The van der Waals surface area contributed by atoms with Crippen LogP contribution in [0.5, 0.6) is 0 Å². The SMILES string of the molecule is NC(=O)c1ccc(-c2cccnc2)c(C2(c3csc(NS(=O)(=O)C4CC4)n3)CC2)c1. The molecule has 0 saturated heterocycles. The summed E-state index contributed by atoms with van der Waals surface area (Å²) in [4.78, 5) is 20.7. The Morgan fingerprint density at radius 1 is 1.23 bits per heavy atom. The smallest absolute Gasteiger partial charge is 0.248 e. The van der Waals surface area contributed by atoms with E-state index in [9.17, 15) is 13.2 Å². The fourth-order valence-electron chi connectivity index (χ4n) is 3.78. The number of primary amides is 1. The molecule has 9 heteroatoms. The number of aromatic nitrogens is 2. The van der Waals surface area contributed by atoms with E-state index >= 15 is 0 Å². The highest BCUT2D eigenvalue weighted by Gasteiger charge is 2.49. The number of rotatable bonds is 7. The van der Waals surface area contributed by atoms with Crippen LogP contribution in [0.15, 0.2) is 48.1 Å². The molecule has 30 heavy (non-hydrogen) atoms. The van der Waals surface area contributed by atoms with Crippen molar-refractivity contribution in [3.8, 4) is 11.1 Å². The van der Waals surface area contributed by atoms with Gasteiger partial charge >= 0.3 is 0 Å². The van der Waals surface area contributed by atoms with Gasteiger partial charge in [-0.2, -0.15) is 0 Å². The maximum Gasteiger partial charge on any atom is 0.248 e. The van der Waals surface area contributed by atoms with Crippen LogP contribution in [0.25, 0.3) is 11.1 Å². The molecule has 3 aromatic rings. The molecule has 7 nitrogen and oxygen atoms in total. The van der Waals surface area contributed by atoms with Crippen molar-refractivity contribution in [2.45, 2.75) is 36.3 Å². The summed E-state index contributed by atoms with van der Waals surface area (Å²) >= 11 is 1.29. The van der Waals surface area contributed by atoms with Gasteiger partial charge < -0.3 is 5.73 Å². The normalized spacial score (nSPS) is 17.5. The van der Waals surface area contributed by atoms with Gasteiger partial charge in [0, 0.05) is 34.3 Å². The van der Waals surface area contributed by atoms with Gasteiger partial charge in [-0.05, 0) is 55.0 Å². The number of benzene rings is 1. The van der Waals surface area contributed by atoms with Crippen molar-refractivity contribution in [1.29, 1.82) is 0 Å². The van der Waals surface area contributed by atoms with Crippen LogP contribution in [-0.2, 0) is 15.4 Å². The Balaban J connectivity index is 1.56. The minimum atomic E-state index is -3.36. The van der Waals surface area contributed by atoms with E-state index in [-0.39, 0.29) is 10.7 Å². The second-order valence-corrected chi connectivity index (χ2v) is 10.7. The predicted molar refractivity (Wildman–Crippen MR) is 116 cm³/mol. The topological polar surface area (TPSA) is 115 Å². The van der Waals surface area contributed by atoms with E-state index in [4.69, 9.17) is 5.73 Å². The molecule has 2 aromatic heterocycles. The summed E-state index contributed by atoms with van der Waals surface area (Å²) < 4.78 is 27.1. The number of anilines is 1. The summed E-state index contributed by atoms with van der Waals surface area (Å²) in [5.41, 5.74) is 9.31. The maximum atomic E-state index is 12.3. The maximum absolute atomic E-state index is 12.3. The highest BCUT2D eigenvalue weighted by Crippen LogP contribution is 2.56. The number of nitrogens with zero attached hydrogens (tertiary/aromatic N) is 2. The lowest BCUT2D eigenvalue weighted by Gasteiger charge is -2.19. The Bertz CT molecular complexity index is 1230. The Hall–Kier alpha value is -2.78. The first-order chi connectivity index (χ1) is 14.4. The first kappa shape index (κ1) is 19.2. The van der Waals surface area contributed by atoms with E-state index in [2.05, 4.69) is 14.7 Å². The number of nitrogens with one attached hydrogen (secondary N) is 1. The Morgan fingerprint density at radius 2 is 2.03 bits per heavy atom. The van der Waals surface area contributed by atoms with E-state index in [1.54, 1.807) is 18.5 Å².